The highest BCUT2D eigenvalue weighted by molar-refractivity contribution is 5.94. The van der Waals surface area contributed by atoms with Crippen LogP contribution in [-0.2, 0) is 4.79 Å². The van der Waals surface area contributed by atoms with Crippen LogP contribution in [-0.4, -0.2) is 36.7 Å². The maximum Gasteiger partial charge on any atom is 0.303 e. The minimum atomic E-state index is -0.816. The van der Waals surface area contributed by atoms with E-state index in [0.717, 1.165) is 12.8 Å². The van der Waals surface area contributed by atoms with E-state index < -0.39 is 5.97 Å². The van der Waals surface area contributed by atoms with E-state index in [-0.39, 0.29) is 18.4 Å². The number of rotatable bonds is 9. The predicted octanol–water partition coefficient (Wildman–Crippen LogP) is 3.00. The standard InChI is InChI=1S/C18H25NO5/c1-23-16-12-13(18(22)19-11-5-4-8-17(20)21)9-10-15(16)24-14-6-2-3-7-14/h9-10,12,14H,2-8,11H2,1H3,(H,19,22)(H,20,21). The largest absolute Gasteiger partial charge is 0.493 e. The first-order valence-corrected chi connectivity index (χ1v) is 8.45. The van der Waals surface area contributed by atoms with Gasteiger partial charge >= 0.3 is 5.97 Å². The van der Waals surface area contributed by atoms with Crippen LogP contribution in [0.5, 0.6) is 11.5 Å². The fraction of sp³-hybridized carbons (Fsp3) is 0.556. The Morgan fingerprint density at radius 2 is 1.96 bits per heavy atom. The van der Waals surface area contributed by atoms with Crippen molar-refractivity contribution in [2.45, 2.75) is 51.0 Å². The smallest absolute Gasteiger partial charge is 0.303 e. The van der Waals surface area contributed by atoms with E-state index in [1.807, 2.05) is 0 Å². The van der Waals surface area contributed by atoms with Crippen molar-refractivity contribution < 1.29 is 24.2 Å². The molecule has 0 aliphatic heterocycles. The molecule has 0 unspecified atom stereocenters. The number of amides is 1. The molecule has 0 atom stereocenters. The molecule has 2 rings (SSSR count). The Hall–Kier alpha value is -2.24. The highest BCUT2D eigenvalue weighted by atomic mass is 16.5. The zero-order chi connectivity index (χ0) is 17.4. The molecule has 1 aromatic carbocycles. The van der Waals surface area contributed by atoms with Crippen LogP contribution < -0.4 is 14.8 Å². The molecule has 1 aromatic rings. The molecule has 0 saturated heterocycles. The number of benzene rings is 1. The number of unbranched alkanes of at least 4 members (excludes halogenated alkanes) is 1. The molecule has 0 aromatic heterocycles. The second-order valence-electron chi connectivity index (χ2n) is 6.00. The quantitative estimate of drug-likeness (QED) is 0.678. The van der Waals surface area contributed by atoms with Crippen LogP contribution in [0.3, 0.4) is 0 Å². The van der Waals surface area contributed by atoms with E-state index >= 15 is 0 Å². The maximum absolute atomic E-state index is 12.1. The molecule has 0 spiro atoms. The summed E-state index contributed by atoms with van der Waals surface area (Å²) in [6.45, 7) is 0.453. The molecule has 0 radical (unpaired) electrons. The third kappa shape index (κ3) is 5.44. The number of methoxy groups -OCH3 is 1. The Labute approximate surface area is 142 Å². The van der Waals surface area contributed by atoms with E-state index in [1.54, 1.807) is 25.3 Å². The number of carboxylic acids is 1. The van der Waals surface area contributed by atoms with Gasteiger partial charge in [0.25, 0.3) is 5.91 Å². The first kappa shape index (κ1) is 18.1. The van der Waals surface area contributed by atoms with Crippen molar-refractivity contribution in [2.75, 3.05) is 13.7 Å². The summed E-state index contributed by atoms with van der Waals surface area (Å²) >= 11 is 0. The van der Waals surface area contributed by atoms with Gasteiger partial charge in [-0.1, -0.05) is 0 Å². The number of aliphatic carboxylic acids is 1. The van der Waals surface area contributed by atoms with Gasteiger partial charge in [0.1, 0.15) is 0 Å². The fourth-order valence-corrected chi connectivity index (χ4v) is 2.80. The van der Waals surface area contributed by atoms with Gasteiger partial charge in [0.05, 0.1) is 13.2 Å². The molecule has 6 heteroatoms. The van der Waals surface area contributed by atoms with Gasteiger partial charge in [-0.2, -0.15) is 0 Å². The number of carbonyl (C=O) groups is 2. The minimum absolute atomic E-state index is 0.122. The highest BCUT2D eigenvalue weighted by Crippen LogP contribution is 2.32. The highest BCUT2D eigenvalue weighted by Gasteiger charge is 2.19. The fourth-order valence-electron chi connectivity index (χ4n) is 2.80. The van der Waals surface area contributed by atoms with Crippen LogP contribution in [0.1, 0.15) is 55.3 Å². The molecule has 1 saturated carbocycles. The average molecular weight is 335 g/mol. The number of ether oxygens (including phenoxy) is 2. The lowest BCUT2D eigenvalue weighted by Crippen LogP contribution is -2.24. The summed E-state index contributed by atoms with van der Waals surface area (Å²) in [4.78, 5) is 22.6. The van der Waals surface area contributed by atoms with E-state index in [4.69, 9.17) is 14.6 Å². The Bertz CT molecular complexity index is 567. The normalized spacial score (nSPS) is 14.4. The van der Waals surface area contributed by atoms with Gasteiger partial charge in [0.2, 0.25) is 0 Å². The van der Waals surface area contributed by atoms with Crippen molar-refractivity contribution in [3.05, 3.63) is 23.8 Å². The molecule has 132 valence electrons. The monoisotopic (exact) mass is 335 g/mol. The van der Waals surface area contributed by atoms with Crippen LogP contribution >= 0.6 is 0 Å². The Kier molecular flexibility index (Phi) is 6.90. The van der Waals surface area contributed by atoms with Crippen molar-refractivity contribution in [1.29, 1.82) is 0 Å². The van der Waals surface area contributed by atoms with Crippen LogP contribution in [0.15, 0.2) is 18.2 Å². The molecular formula is C18H25NO5. The molecule has 6 nitrogen and oxygen atoms in total. The minimum Gasteiger partial charge on any atom is -0.493 e. The van der Waals surface area contributed by atoms with Crippen LogP contribution in [0.4, 0.5) is 0 Å². The Balaban J connectivity index is 1.87. The van der Waals surface area contributed by atoms with Gasteiger partial charge < -0.3 is 19.9 Å². The first-order valence-electron chi connectivity index (χ1n) is 8.45. The van der Waals surface area contributed by atoms with Crippen molar-refractivity contribution in [3.63, 3.8) is 0 Å². The molecule has 1 fully saturated rings. The van der Waals surface area contributed by atoms with Crippen molar-refractivity contribution in [3.8, 4) is 11.5 Å². The van der Waals surface area contributed by atoms with E-state index in [0.29, 0.717) is 36.4 Å². The van der Waals surface area contributed by atoms with Crippen molar-refractivity contribution >= 4 is 11.9 Å². The zero-order valence-corrected chi connectivity index (χ0v) is 14.0. The molecule has 1 aliphatic carbocycles. The average Bonchev–Trinajstić information content (AvgIpc) is 3.07. The summed E-state index contributed by atoms with van der Waals surface area (Å²) in [7, 11) is 1.56. The van der Waals surface area contributed by atoms with Gasteiger partial charge in [0, 0.05) is 18.5 Å². The topological polar surface area (TPSA) is 84.9 Å². The summed E-state index contributed by atoms with van der Waals surface area (Å²) in [5.41, 5.74) is 0.504. The third-order valence-corrected chi connectivity index (χ3v) is 4.12. The van der Waals surface area contributed by atoms with Crippen LogP contribution in [0, 0.1) is 0 Å². The van der Waals surface area contributed by atoms with Crippen LogP contribution in [0.2, 0.25) is 0 Å². The van der Waals surface area contributed by atoms with Crippen molar-refractivity contribution in [1.82, 2.24) is 5.32 Å². The van der Waals surface area contributed by atoms with Gasteiger partial charge in [-0.15, -0.1) is 0 Å². The van der Waals surface area contributed by atoms with Gasteiger partial charge in [-0.3, -0.25) is 9.59 Å². The molecule has 2 N–H and O–H groups in total. The maximum atomic E-state index is 12.1. The molecular weight excluding hydrogens is 310 g/mol. The molecule has 24 heavy (non-hydrogen) atoms. The third-order valence-electron chi connectivity index (χ3n) is 4.12. The number of hydrogen-bond acceptors (Lipinski definition) is 4. The number of nitrogens with one attached hydrogen (secondary N) is 1. The molecule has 1 aliphatic rings. The summed E-state index contributed by atoms with van der Waals surface area (Å²) < 4.78 is 11.3. The molecule has 0 heterocycles. The SMILES string of the molecule is COc1cc(C(=O)NCCCCC(=O)O)ccc1OC1CCCC1. The molecule has 1 amide bonds. The lowest BCUT2D eigenvalue weighted by molar-refractivity contribution is -0.137. The first-order chi connectivity index (χ1) is 11.6. The lowest BCUT2D eigenvalue weighted by atomic mass is 10.1. The van der Waals surface area contributed by atoms with Gasteiger partial charge in [-0.25, -0.2) is 0 Å². The number of hydrogen-bond donors (Lipinski definition) is 2. The zero-order valence-electron chi connectivity index (χ0n) is 14.0. The van der Waals surface area contributed by atoms with E-state index in [9.17, 15) is 9.59 Å². The predicted molar refractivity (Wildman–Crippen MR) is 89.7 cm³/mol. The van der Waals surface area contributed by atoms with E-state index in [2.05, 4.69) is 5.32 Å². The number of carbonyl (C=O) groups excluding carboxylic acids is 1. The molecule has 0 bridgehead atoms. The summed E-state index contributed by atoms with van der Waals surface area (Å²) in [5, 5.41) is 11.4. The summed E-state index contributed by atoms with van der Waals surface area (Å²) in [6, 6.07) is 5.17. The van der Waals surface area contributed by atoms with Gasteiger partial charge in [-0.05, 0) is 56.7 Å². The van der Waals surface area contributed by atoms with Gasteiger partial charge in [0.15, 0.2) is 11.5 Å². The Morgan fingerprint density at radius 3 is 2.62 bits per heavy atom. The van der Waals surface area contributed by atoms with Crippen molar-refractivity contribution in [2.24, 2.45) is 0 Å². The summed E-state index contributed by atoms with van der Waals surface area (Å²) in [5.74, 6) is 0.211. The number of carboxylic acid groups (broad SMARTS) is 1. The van der Waals surface area contributed by atoms with Crippen LogP contribution in [0.25, 0.3) is 0 Å². The van der Waals surface area contributed by atoms with E-state index in [1.165, 1.54) is 12.8 Å². The Morgan fingerprint density at radius 1 is 1.21 bits per heavy atom. The summed E-state index contributed by atoms with van der Waals surface area (Å²) in [6.07, 6.45) is 6.03. The second-order valence-corrected chi connectivity index (χ2v) is 6.00. The second kappa shape index (κ2) is 9.15. The lowest BCUT2D eigenvalue weighted by Gasteiger charge is -2.16.